The quantitative estimate of drug-likeness (QED) is 0.172. The Bertz CT molecular complexity index is 1830. The van der Waals surface area contributed by atoms with Crippen LogP contribution >= 0.6 is 0 Å². The summed E-state index contributed by atoms with van der Waals surface area (Å²) in [6.07, 6.45) is -9.79. The van der Waals surface area contributed by atoms with Gasteiger partial charge in [0.2, 0.25) is 5.88 Å². The molecule has 1 amide bonds. The lowest BCUT2D eigenvalue weighted by atomic mass is 9.83. The van der Waals surface area contributed by atoms with Gasteiger partial charge in [0.05, 0.1) is 59.7 Å². The Labute approximate surface area is 288 Å². The molecular weight excluding hydrogens is 686 g/mol. The molecule has 1 aliphatic heterocycles. The lowest BCUT2D eigenvalue weighted by Gasteiger charge is -2.46. The zero-order valence-electron chi connectivity index (χ0n) is 27.6. The van der Waals surface area contributed by atoms with Crippen LogP contribution in [0, 0.1) is 0 Å². The van der Waals surface area contributed by atoms with Crippen LogP contribution in [-0.2, 0) is 23.5 Å². The van der Waals surface area contributed by atoms with E-state index in [9.17, 15) is 36.2 Å². The number of benzene rings is 1. The second-order valence-corrected chi connectivity index (χ2v) is 11.7. The number of aliphatic hydroxyl groups is 1. The fourth-order valence-corrected chi connectivity index (χ4v) is 5.75. The van der Waals surface area contributed by atoms with Crippen molar-refractivity contribution in [3.8, 4) is 11.6 Å². The number of halogens is 6. The van der Waals surface area contributed by atoms with Gasteiger partial charge in [-0.05, 0) is 61.7 Å². The van der Waals surface area contributed by atoms with Crippen LogP contribution in [-0.4, -0.2) is 57.1 Å². The fraction of sp³-hybridized carbons (Fsp3) is 0.382. The number of rotatable bonds is 10. The summed E-state index contributed by atoms with van der Waals surface area (Å²) in [4.78, 5) is 32.2. The molecule has 4 aromatic rings. The number of carbonyl (C=O) groups excluding carboxylic acids is 1. The lowest BCUT2D eigenvalue weighted by Crippen LogP contribution is -2.61. The Hall–Kier alpha value is -5.03. The van der Waals surface area contributed by atoms with E-state index in [0.29, 0.717) is 12.1 Å². The van der Waals surface area contributed by atoms with Gasteiger partial charge < -0.3 is 25.1 Å². The number of nitrogens with zero attached hydrogens (tertiary/aromatic N) is 5. The molecule has 51 heavy (non-hydrogen) atoms. The standard InChI is InChI=1S/C34H34F6N6O5/c1-4-32(41)16-22(29-25(9-10-28(45-29)49-3)46(32)31(48)50-5-2)30-43-17-27(51-18-26(47)23-8-6-7-11-42-23)24(44-30)14-19-12-20(33(35,36)37)15-21(13-19)34(38,39)40/h6-13,15,17,22,26,47H,4-5,14,16,18,41H2,1-3H3/t22-,26?,32+/m0/s1. The van der Waals surface area contributed by atoms with E-state index in [4.69, 9.17) is 19.9 Å². The van der Waals surface area contributed by atoms with Gasteiger partial charge in [0.15, 0.2) is 5.75 Å². The minimum atomic E-state index is -5.08. The molecule has 3 N–H and O–H groups in total. The van der Waals surface area contributed by atoms with Gasteiger partial charge in [-0.2, -0.15) is 26.3 Å². The Morgan fingerprint density at radius 3 is 2.33 bits per heavy atom. The third-order valence-corrected chi connectivity index (χ3v) is 8.33. The van der Waals surface area contributed by atoms with Crippen LogP contribution in [0.15, 0.2) is 60.9 Å². The van der Waals surface area contributed by atoms with Gasteiger partial charge in [-0.25, -0.2) is 19.7 Å². The number of ether oxygens (including phenoxy) is 3. The topological polar surface area (TPSA) is 146 Å². The summed E-state index contributed by atoms with van der Waals surface area (Å²) in [6.45, 7) is 3.06. The van der Waals surface area contributed by atoms with Crippen molar-refractivity contribution in [1.29, 1.82) is 0 Å². The number of pyridine rings is 2. The molecule has 0 spiro atoms. The van der Waals surface area contributed by atoms with Crippen molar-refractivity contribution in [3.05, 3.63) is 101 Å². The molecule has 0 fully saturated rings. The molecule has 0 bridgehead atoms. The Morgan fingerprint density at radius 1 is 1.04 bits per heavy atom. The maximum absolute atomic E-state index is 13.8. The number of aliphatic hydroxyl groups excluding tert-OH is 1. The van der Waals surface area contributed by atoms with E-state index in [-0.39, 0.29) is 71.3 Å². The number of methoxy groups -OCH3 is 1. The molecule has 0 saturated heterocycles. The molecule has 1 aliphatic rings. The first kappa shape index (κ1) is 37.2. The van der Waals surface area contributed by atoms with Crippen molar-refractivity contribution >= 4 is 11.8 Å². The summed E-state index contributed by atoms with van der Waals surface area (Å²) in [5.41, 5.74) is 2.82. The molecule has 1 aromatic carbocycles. The van der Waals surface area contributed by atoms with Crippen LogP contribution < -0.4 is 20.1 Å². The Kier molecular flexibility index (Phi) is 10.7. The highest BCUT2D eigenvalue weighted by atomic mass is 19.4. The number of hydrogen-bond donors (Lipinski definition) is 2. The zero-order valence-corrected chi connectivity index (χ0v) is 27.6. The molecule has 4 heterocycles. The second kappa shape index (κ2) is 14.7. The van der Waals surface area contributed by atoms with Gasteiger partial charge in [0.1, 0.15) is 24.2 Å². The van der Waals surface area contributed by atoms with E-state index in [2.05, 4.69) is 19.9 Å². The molecule has 11 nitrogen and oxygen atoms in total. The van der Waals surface area contributed by atoms with Gasteiger partial charge in [0, 0.05) is 18.7 Å². The first-order valence-electron chi connectivity index (χ1n) is 15.7. The van der Waals surface area contributed by atoms with E-state index in [1.165, 1.54) is 30.5 Å². The summed E-state index contributed by atoms with van der Waals surface area (Å²) in [5.74, 6) is -0.739. The molecule has 0 aliphatic carbocycles. The fourth-order valence-electron chi connectivity index (χ4n) is 5.75. The highest BCUT2D eigenvalue weighted by Gasteiger charge is 2.47. The minimum Gasteiger partial charge on any atom is -0.487 e. The molecule has 5 rings (SSSR count). The monoisotopic (exact) mass is 720 g/mol. The summed E-state index contributed by atoms with van der Waals surface area (Å²) < 4.78 is 99.0. The molecule has 272 valence electrons. The molecule has 0 saturated carbocycles. The van der Waals surface area contributed by atoms with Crippen molar-refractivity contribution in [1.82, 2.24) is 19.9 Å². The van der Waals surface area contributed by atoms with Crippen molar-refractivity contribution < 1.29 is 50.5 Å². The van der Waals surface area contributed by atoms with Gasteiger partial charge >= 0.3 is 18.4 Å². The van der Waals surface area contributed by atoms with Crippen LogP contribution in [0.4, 0.5) is 36.8 Å². The van der Waals surface area contributed by atoms with Crippen LogP contribution in [0.5, 0.6) is 11.6 Å². The summed E-state index contributed by atoms with van der Waals surface area (Å²) in [6, 6.07) is 9.16. The molecule has 1 unspecified atom stereocenters. The molecule has 0 radical (unpaired) electrons. The molecule has 17 heteroatoms. The Morgan fingerprint density at radius 2 is 1.75 bits per heavy atom. The van der Waals surface area contributed by atoms with Crippen LogP contribution in [0.25, 0.3) is 0 Å². The average molecular weight is 721 g/mol. The van der Waals surface area contributed by atoms with Crippen LogP contribution in [0.3, 0.4) is 0 Å². The van der Waals surface area contributed by atoms with E-state index in [1.807, 2.05) is 0 Å². The summed E-state index contributed by atoms with van der Waals surface area (Å²) in [7, 11) is 1.39. The predicted octanol–water partition coefficient (Wildman–Crippen LogP) is 6.58. The average Bonchev–Trinajstić information content (AvgIpc) is 3.10. The Balaban J connectivity index is 1.64. The number of alkyl halides is 6. The van der Waals surface area contributed by atoms with Crippen molar-refractivity contribution in [2.75, 3.05) is 25.2 Å². The predicted molar refractivity (Wildman–Crippen MR) is 170 cm³/mol. The maximum atomic E-state index is 13.8. The minimum absolute atomic E-state index is 0.00467. The number of aromatic nitrogens is 4. The van der Waals surface area contributed by atoms with Crippen molar-refractivity contribution in [2.45, 2.75) is 63.1 Å². The van der Waals surface area contributed by atoms with E-state index < -0.39 is 60.3 Å². The number of fused-ring (bicyclic) bond motifs is 1. The van der Waals surface area contributed by atoms with Crippen molar-refractivity contribution in [3.63, 3.8) is 0 Å². The first-order valence-corrected chi connectivity index (χ1v) is 15.7. The number of nitrogens with two attached hydrogens (primary N) is 1. The largest absolute Gasteiger partial charge is 0.487 e. The van der Waals surface area contributed by atoms with Gasteiger partial charge in [-0.3, -0.25) is 9.88 Å². The third kappa shape index (κ3) is 8.14. The second-order valence-electron chi connectivity index (χ2n) is 11.7. The summed E-state index contributed by atoms with van der Waals surface area (Å²) >= 11 is 0. The van der Waals surface area contributed by atoms with Gasteiger partial charge in [0.25, 0.3) is 0 Å². The van der Waals surface area contributed by atoms with E-state index >= 15 is 0 Å². The molecular formula is C34H34F6N6O5. The normalized spacial score (nSPS) is 18.2. The zero-order chi connectivity index (χ0) is 37.1. The number of amides is 1. The third-order valence-electron chi connectivity index (χ3n) is 8.33. The summed E-state index contributed by atoms with van der Waals surface area (Å²) in [5, 5.41) is 10.7. The van der Waals surface area contributed by atoms with E-state index in [1.54, 1.807) is 38.1 Å². The maximum Gasteiger partial charge on any atom is 0.416 e. The first-order chi connectivity index (χ1) is 24.1. The SMILES string of the molecule is CCOC(=O)N1c2ccc(OC)nc2[C@@H](c2ncc(OCC(O)c3ccccn3)c(Cc3cc(C(F)(F)F)cc(C(F)(F)F)c3)n2)C[C@@]1(N)CC. The lowest BCUT2D eigenvalue weighted by molar-refractivity contribution is -0.143. The highest BCUT2D eigenvalue weighted by Crippen LogP contribution is 2.46. The smallest absolute Gasteiger partial charge is 0.416 e. The van der Waals surface area contributed by atoms with Crippen molar-refractivity contribution in [2.24, 2.45) is 5.73 Å². The number of carbonyl (C=O) groups is 1. The van der Waals surface area contributed by atoms with Crippen LogP contribution in [0.2, 0.25) is 0 Å². The number of anilines is 1. The molecule has 3 aromatic heterocycles. The molecule has 3 atom stereocenters. The highest BCUT2D eigenvalue weighted by molar-refractivity contribution is 5.91. The van der Waals surface area contributed by atoms with Gasteiger partial charge in [-0.1, -0.05) is 13.0 Å². The van der Waals surface area contributed by atoms with Crippen LogP contribution in [0.1, 0.15) is 78.3 Å². The number of hydrogen-bond acceptors (Lipinski definition) is 10. The van der Waals surface area contributed by atoms with E-state index in [0.717, 1.165) is 0 Å². The van der Waals surface area contributed by atoms with Gasteiger partial charge in [-0.15, -0.1) is 0 Å².